The largest absolute Gasteiger partial charge is 0.491 e. The molecule has 6 aromatic rings. The van der Waals surface area contributed by atoms with Crippen molar-refractivity contribution in [3.05, 3.63) is 162 Å². The Hall–Kier alpha value is -4.67. The first-order valence-corrected chi connectivity index (χ1v) is 19.7. The van der Waals surface area contributed by atoms with E-state index in [-0.39, 0.29) is 18.4 Å². The topological polar surface area (TPSA) is 57.2 Å². The Kier molecular flexibility index (Phi) is 12.2. The summed E-state index contributed by atoms with van der Waals surface area (Å²) in [6.07, 6.45) is 0. The van der Waals surface area contributed by atoms with Crippen LogP contribution < -0.4 is 14.0 Å². The zero-order chi connectivity index (χ0) is 37.4. The van der Waals surface area contributed by atoms with Crippen LogP contribution >= 0.6 is 8.38 Å². The molecule has 274 valence electrons. The van der Waals surface area contributed by atoms with E-state index >= 15 is 0 Å². The fraction of sp³-hybridized carbons (Fsp3) is 0.277. The number of hydrogen-bond donors (Lipinski definition) is 1. The van der Waals surface area contributed by atoms with Gasteiger partial charge in [-0.2, -0.15) is 0 Å². The van der Waals surface area contributed by atoms with Crippen molar-refractivity contribution in [2.45, 2.75) is 52.1 Å². The molecule has 6 aromatic carbocycles. The Morgan fingerprint density at radius 3 is 1.62 bits per heavy atom. The van der Waals surface area contributed by atoms with Crippen LogP contribution in [-0.2, 0) is 9.94 Å². The molecule has 1 atom stereocenters. The predicted molar refractivity (Wildman–Crippen MR) is 220 cm³/mol. The van der Waals surface area contributed by atoms with Crippen molar-refractivity contribution in [1.29, 1.82) is 0 Å². The number of fused-ring (bicyclic) bond motifs is 4. The lowest BCUT2D eigenvalue weighted by atomic mass is 9.68. The van der Waals surface area contributed by atoms with Crippen molar-refractivity contribution in [2.75, 3.05) is 26.4 Å². The molecule has 0 bridgehead atoms. The van der Waals surface area contributed by atoms with Gasteiger partial charge in [0, 0.05) is 10.5 Å². The number of rotatable bonds is 12. The highest BCUT2D eigenvalue weighted by Crippen LogP contribution is 2.56. The predicted octanol–water partition coefficient (Wildman–Crippen LogP) is 11.8. The third-order valence-electron chi connectivity index (χ3n) is 8.93. The first-order valence-electron chi connectivity index (χ1n) is 18.5. The van der Waals surface area contributed by atoms with E-state index in [2.05, 4.69) is 145 Å². The van der Waals surface area contributed by atoms with Gasteiger partial charge in [0.1, 0.15) is 30.5 Å². The molecule has 0 radical (unpaired) electrons. The van der Waals surface area contributed by atoms with Crippen LogP contribution in [0.1, 0.15) is 63.8 Å². The molecule has 7 rings (SSSR count). The van der Waals surface area contributed by atoms with E-state index in [1.807, 2.05) is 36.4 Å². The molecule has 6 heteroatoms. The number of aliphatic hydroxyl groups is 1. The summed E-state index contributed by atoms with van der Waals surface area (Å²) in [5.74, 6) is 3.19. The van der Waals surface area contributed by atoms with Crippen molar-refractivity contribution in [3.63, 3.8) is 0 Å². The zero-order valence-corrected chi connectivity index (χ0v) is 32.6. The van der Waals surface area contributed by atoms with Gasteiger partial charge in [-0.05, 0) is 75.0 Å². The molecule has 53 heavy (non-hydrogen) atoms. The van der Waals surface area contributed by atoms with Crippen LogP contribution in [0, 0.1) is 5.92 Å². The Balaban J connectivity index is 0.00000114. The van der Waals surface area contributed by atoms with Crippen LogP contribution in [0.15, 0.2) is 140 Å². The summed E-state index contributed by atoms with van der Waals surface area (Å²) in [5, 5.41) is 11.3. The molecule has 0 amide bonds. The maximum Gasteiger partial charge on any atom is 0.235 e. The van der Waals surface area contributed by atoms with Gasteiger partial charge < -0.3 is 23.6 Å². The molecule has 1 aliphatic carbocycles. The highest BCUT2D eigenvalue weighted by atomic mass is 31.2. The van der Waals surface area contributed by atoms with E-state index in [9.17, 15) is 5.11 Å². The summed E-state index contributed by atoms with van der Waals surface area (Å²) in [4.78, 5) is 0. The van der Waals surface area contributed by atoms with Crippen molar-refractivity contribution in [2.24, 2.45) is 5.92 Å². The lowest BCUT2D eigenvalue weighted by molar-refractivity contribution is 0.201. The lowest BCUT2D eigenvalue weighted by Crippen LogP contribution is -2.28. The maximum absolute atomic E-state index is 9.25. The molecule has 0 fully saturated rings. The van der Waals surface area contributed by atoms with Gasteiger partial charge in [-0.1, -0.05) is 151 Å². The Labute approximate surface area is 316 Å². The van der Waals surface area contributed by atoms with Crippen molar-refractivity contribution in [3.8, 4) is 28.4 Å². The summed E-state index contributed by atoms with van der Waals surface area (Å²) in [7, 11) is -1.23. The number of benzene rings is 6. The lowest BCUT2D eigenvalue weighted by Gasteiger charge is -2.34. The monoisotopic (exact) mass is 726 g/mol. The number of ether oxygens (including phenoxy) is 2. The molecular weight excluding hydrogens is 675 g/mol. The van der Waals surface area contributed by atoms with Gasteiger partial charge in [0.15, 0.2) is 0 Å². The zero-order valence-electron chi connectivity index (χ0n) is 31.7. The van der Waals surface area contributed by atoms with Crippen LogP contribution in [-0.4, -0.2) is 36.7 Å². The second-order valence-electron chi connectivity index (χ2n) is 14.9. The van der Waals surface area contributed by atoms with E-state index in [0.717, 1.165) is 45.1 Å². The SMILES string of the molecule is CC(C)(C)P(OCCOc1ccc(C2(c3ccc(OCCO)cc3)c3ccccc3-c3ccccc32)cc1)Oc1cccc2ccccc12.CC(C)C. The number of aliphatic hydroxyl groups excluding tert-OH is 1. The molecule has 1 N–H and O–H groups in total. The van der Waals surface area contributed by atoms with E-state index in [4.69, 9.17) is 18.5 Å². The van der Waals surface area contributed by atoms with Gasteiger partial charge in [-0.3, -0.25) is 0 Å². The minimum atomic E-state index is -1.23. The molecule has 1 aliphatic rings. The van der Waals surface area contributed by atoms with Crippen LogP contribution in [0.4, 0.5) is 0 Å². The molecule has 1 unspecified atom stereocenters. The third kappa shape index (κ3) is 8.44. The van der Waals surface area contributed by atoms with Crippen LogP contribution in [0.2, 0.25) is 0 Å². The minimum absolute atomic E-state index is 0.0239. The standard InChI is InChI=1S/C43H41O5P.C4H10/c1-42(2,3)49(48-41-18-10-12-31-11-4-5-13-36(31)41)47-30-29-46-35-25-21-33(22-26-35)43(32-19-23-34(24-20-32)45-28-27-44)39-16-8-6-14-37(39)38-15-7-9-17-40(38)43;1-4(2)3/h4-26,44H,27-30H2,1-3H3;4H,1-3H3. The Morgan fingerprint density at radius 2 is 1.08 bits per heavy atom. The van der Waals surface area contributed by atoms with Gasteiger partial charge in [-0.15, -0.1) is 0 Å². The van der Waals surface area contributed by atoms with Gasteiger partial charge >= 0.3 is 0 Å². The summed E-state index contributed by atoms with van der Waals surface area (Å²) in [5.41, 5.74) is 6.72. The van der Waals surface area contributed by atoms with E-state index < -0.39 is 13.8 Å². The average molecular weight is 727 g/mol. The van der Waals surface area contributed by atoms with Crippen LogP contribution in [0.3, 0.4) is 0 Å². The first kappa shape index (κ1) is 38.1. The maximum atomic E-state index is 9.25. The van der Waals surface area contributed by atoms with Crippen molar-refractivity contribution >= 4 is 19.1 Å². The molecular formula is C47H51O5P. The quantitative estimate of drug-likeness (QED) is 0.100. The van der Waals surface area contributed by atoms with Crippen LogP contribution in [0.25, 0.3) is 21.9 Å². The summed E-state index contributed by atoms with van der Waals surface area (Å²) in [6.45, 7) is 14.0. The Morgan fingerprint density at radius 1 is 0.585 bits per heavy atom. The first-order chi connectivity index (χ1) is 25.6. The van der Waals surface area contributed by atoms with E-state index in [1.165, 1.54) is 22.3 Å². The number of hydrogen-bond acceptors (Lipinski definition) is 5. The average Bonchev–Trinajstić information content (AvgIpc) is 3.46. The fourth-order valence-corrected chi connectivity index (χ4v) is 8.08. The fourth-order valence-electron chi connectivity index (χ4n) is 6.79. The van der Waals surface area contributed by atoms with Gasteiger partial charge in [0.2, 0.25) is 8.38 Å². The Bertz CT molecular complexity index is 2030. The molecule has 0 spiro atoms. The molecule has 0 heterocycles. The highest BCUT2D eigenvalue weighted by Gasteiger charge is 2.45. The van der Waals surface area contributed by atoms with E-state index in [1.54, 1.807) is 0 Å². The van der Waals surface area contributed by atoms with E-state index in [0.29, 0.717) is 13.2 Å². The van der Waals surface area contributed by atoms with Crippen molar-refractivity contribution in [1.82, 2.24) is 0 Å². The second kappa shape index (κ2) is 17.0. The summed E-state index contributed by atoms with van der Waals surface area (Å²) in [6, 6.07) is 48.5. The van der Waals surface area contributed by atoms with Gasteiger partial charge in [-0.25, -0.2) is 0 Å². The minimum Gasteiger partial charge on any atom is -0.491 e. The van der Waals surface area contributed by atoms with Gasteiger partial charge in [0.05, 0.1) is 18.6 Å². The molecule has 0 aromatic heterocycles. The normalized spacial score (nSPS) is 13.4. The molecule has 0 saturated heterocycles. The smallest absolute Gasteiger partial charge is 0.235 e. The van der Waals surface area contributed by atoms with Crippen molar-refractivity contribution < 1.29 is 23.6 Å². The highest BCUT2D eigenvalue weighted by molar-refractivity contribution is 7.49. The molecule has 0 aliphatic heterocycles. The second-order valence-corrected chi connectivity index (χ2v) is 17.2. The molecule has 0 saturated carbocycles. The summed E-state index contributed by atoms with van der Waals surface area (Å²) < 4.78 is 24.8. The van der Waals surface area contributed by atoms with Gasteiger partial charge in [0.25, 0.3) is 0 Å². The third-order valence-corrected chi connectivity index (χ3v) is 10.8. The summed E-state index contributed by atoms with van der Waals surface area (Å²) >= 11 is 0. The van der Waals surface area contributed by atoms with Crippen LogP contribution in [0.5, 0.6) is 17.2 Å². The molecule has 5 nitrogen and oxygen atoms in total.